The highest BCUT2D eigenvalue weighted by Gasteiger charge is 2.71. The molecule has 1 rings (SSSR count). The fourth-order valence-corrected chi connectivity index (χ4v) is 2.20. The summed E-state index contributed by atoms with van der Waals surface area (Å²) in [6.07, 6.45) is -6.31. The lowest BCUT2D eigenvalue weighted by Crippen LogP contribution is -2.53. The predicted octanol–water partition coefficient (Wildman–Crippen LogP) is 3.95. The van der Waals surface area contributed by atoms with Gasteiger partial charge in [0.2, 0.25) is 0 Å². The highest BCUT2D eigenvalue weighted by molar-refractivity contribution is 5.69. The summed E-state index contributed by atoms with van der Waals surface area (Å²) < 4.78 is 88.5. The van der Waals surface area contributed by atoms with Crippen LogP contribution in [0.3, 0.4) is 0 Å². The maximum Gasteiger partial charge on any atom is 0.455 e. The highest BCUT2D eigenvalue weighted by Crippen LogP contribution is 2.49. The number of hydrogen-bond donors (Lipinski definition) is 1. The first-order valence-electron chi connectivity index (χ1n) is 7.51. The van der Waals surface area contributed by atoms with E-state index < -0.39 is 29.5 Å². The first kappa shape index (κ1) is 22.1. The van der Waals surface area contributed by atoms with Crippen LogP contribution in [0.4, 0.5) is 26.3 Å². The number of hydrogen-bond acceptors (Lipinski definition) is 4. The average Bonchev–Trinajstić information content (AvgIpc) is 2.48. The van der Waals surface area contributed by atoms with Crippen LogP contribution in [0.5, 0.6) is 5.75 Å². The molecule has 0 radical (unpaired) electrons. The molecule has 0 aliphatic rings. The van der Waals surface area contributed by atoms with Gasteiger partial charge in [-0.15, -0.1) is 0 Å². The standard InChI is InChI=1S/C16H18F6O4/c1-4-25-12(23)5-6-26-13-9(2)7-11(8-10(13)3)14(17,18)15(19,24)16(20,21)22/h7-8,24H,4-6H2,1-3H3. The summed E-state index contributed by atoms with van der Waals surface area (Å²) >= 11 is 0. The lowest BCUT2D eigenvalue weighted by molar-refractivity contribution is -0.390. The van der Waals surface area contributed by atoms with Crippen LogP contribution in [0.2, 0.25) is 0 Å². The second-order valence-electron chi connectivity index (χ2n) is 5.54. The lowest BCUT2D eigenvalue weighted by Gasteiger charge is -2.31. The highest BCUT2D eigenvalue weighted by atomic mass is 19.4. The van der Waals surface area contributed by atoms with Crippen molar-refractivity contribution in [3.05, 3.63) is 28.8 Å². The average molecular weight is 388 g/mol. The largest absolute Gasteiger partial charge is 0.492 e. The molecule has 1 N–H and O–H groups in total. The lowest BCUT2D eigenvalue weighted by atomic mass is 9.96. The van der Waals surface area contributed by atoms with Crippen molar-refractivity contribution in [1.29, 1.82) is 0 Å². The normalized spacial score (nSPS) is 14.7. The van der Waals surface area contributed by atoms with E-state index in [1.807, 2.05) is 0 Å². The Hall–Kier alpha value is -1.97. The zero-order chi connectivity index (χ0) is 20.3. The molecule has 0 aromatic heterocycles. The van der Waals surface area contributed by atoms with Crippen LogP contribution in [-0.4, -0.2) is 36.3 Å². The van der Waals surface area contributed by atoms with Gasteiger partial charge in [0.1, 0.15) is 5.75 Å². The van der Waals surface area contributed by atoms with Crippen molar-refractivity contribution < 1.29 is 45.7 Å². The van der Waals surface area contributed by atoms with Crippen molar-refractivity contribution >= 4 is 5.97 Å². The maximum atomic E-state index is 13.9. The van der Waals surface area contributed by atoms with Gasteiger partial charge in [0.05, 0.1) is 19.6 Å². The van der Waals surface area contributed by atoms with Gasteiger partial charge < -0.3 is 14.6 Å². The summed E-state index contributed by atoms with van der Waals surface area (Å²) in [7, 11) is 0. The van der Waals surface area contributed by atoms with E-state index in [1.54, 1.807) is 6.92 Å². The summed E-state index contributed by atoms with van der Waals surface area (Å²) in [5, 5.41) is 8.71. The Morgan fingerprint density at radius 2 is 1.58 bits per heavy atom. The van der Waals surface area contributed by atoms with E-state index in [2.05, 4.69) is 4.74 Å². The van der Waals surface area contributed by atoms with E-state index in [0.717, 1.165) is 0 Å². The molecule has 148 valence electrons. The molecule has 0 aliphatic heterocycles. The van der Waals surface area contributed by atoms with E-state index >= 15 is 0 Å². The maximum absolute atomic E-state index is 13.9. The van der Waals surface area contributed by atoms with Gasteiger partial charge in [-0.2, -0.15) is 26.3 Å². The summed E-state index contributed by atoms with van der Waals surface area (Å²) in [5.41, 5.74) is -1.38. The molecule has 10 heteroatoms. The summed E-state index contributed by atoms with van der Waals surface area (Å²) in [5.74, 6) is -11.4. The van der Waals surface area contributed by atoms with Crippen molar-refractivity contribution in [1.82, 2.24) is 0 Å². The number of ether oxygens (including phenoxy) is 2. The third-order valence-electron chi connectivity index (χ3n) is 3.47. The molecular formula is C16H18F6O4. The Bertz CT molecular complexity index is 632. The molecule has 1 aromatic carbocycles. The Morgan fingerprint density at radius 3 is 2.00 bits per heavy atom. The zero-order valence-electron chi connectivity index (χ0n) is 14.2. The number of benzene rings is 1. The predicted molar refractivity (Wildman–Crippen MR) is 78.7 cm³/mol. The Kier molecular flexibility index (Phi) is 6.56. The molecule has 1 aromatic rings. The van der Waals surface area contributed by atoms with E-state index in [4.69, 9.17) is 9.84 Å². The minimum atomic E-state index is -6.19. The molecule has 0 spiro atoms. The Labute approximate surface area is 145 Å². The first-order chi connectivity index (χ1) is 11.8. The van der Waals surface area contributed by atoms with Gasteiger partial charge in [-0.3, -0.25) is 4.79 Å². The van der Waals surface area contributed by atoms with Gasteiger partial charge in [0.15, 0.2) is 0 Å². The van der Waals surface area contributed by atoms with Crippen molar-refractivity contribution in [3.63, 3.8) is 0 Å². The molecular weight excluding hydrogens is 370 g/mol. The molecule has 1 atom stereocenters. The third kappa shape index (κ3) is 4.40. The van der Waals surface area contributed by atoms with Gasteiger partial charge in [-0.1, -0.05) is 0 Å². The Morgan fingerprint density at radius 1 is 1.08 bits per heavy atom. The van der Waals surface area contributed by atoms with Crippen LogP contribution in [0, 0.1) is 13.8 Å². The van der Waals surface area contributed by atoms with E-state index in [1.165, 1.54) is 13.8 Å². The second kappa shape index (κ2) is 7.73. The molecule has 0 fully saturated rings. The molecule has 1 unspecified atom stereocenters. The van der Waals surface area contributed by atoms with E-state index in [9.17, 15) is 31.1 Å². The van der Waals surface area contributed by atoms with Crippen molar-refractivity contribution in [2.45, 2.75) is 45.1 Å². The third-order valence-corrected chi connectivity index (χ3v) is 3.47. The Balaban J connectivity index is 3.08. The molecule has 0 saturated heterocycles. The van der Waals surface area contributed by atoms with E-state index in [0.29, 0.717) is 12.1 Å². The molecule has 0 amide bonds. The number of aryl methyl sites for hydroxylation is 2. The summed E-state index contributed by atoms with van der Waals surface area (Å²) in [6.45, 7) is 4.16. The van der Waals surface area contributed by atoms with Crippen LogP contribution in [0.15, 0.2) is 12.1 Å². The minimum absolute atomic E-state index is 0.0125. The molecule has 0 bridgehead atoms. The molecule has 26 heavy (non-hydrogen) atoms. The number of carbonyl (C=O) groups excluding carboxylic acids is 1. The number of halogens is 6. The van der Waals surface area contributed by atoms with Gasteiger partial charge in [0, 0.05) is 5.56 Å². The topological polar surface area (TPSA) is 55.8 Å². The number of rotatable bonds is 7. The fourth-order valence-electron chi connectivity index (χ4n) is 2.20. The summed E-state index contributed by atoms with van der Waals surface area (Å²) in [6, 6.07) is 1.17. The van der Waals surface area contributed by atoms with E-state index in [-0.39, 0.29) is 36.5 Å². The molecule has 0 heterocycles. The monoisotopic (exact) mass is 388 g/mol. The van der Waals surface area contributed by atoms with Gasteiger partial charge in [-0.25, -0.2) is 0 Å². The van der Waals surface area contributed by atoms with Crippen molar-refractivity contribution in [3.8, 4) is 5.75 Å². The number of carbonyl (C=O) groups is 1. The molecule has 4 nitrogen and oxygen atoms in total. The van der Waals surface area contributed by atoms with Gasteiger partial charge >= 0.3 is 23.9 Å². The van der Waals surface area contributed by atoms with Crippen molar-refractivity contribution in [2.75, 3.05) is 13.2 Å². The van der Waals surface area contributed by atoms with Crippen LogP contribution >= 0.6 is 0 Å². The van der Waals surface area contributed by atoms with Gasteiger partial charge in [-0.05, 0) is 44.0 Å². The summed E-state index contributed by atoms with van der Waals surface area (Å²) in [4.78, 5) is 11.2. The van der Waals surface area contributed by atoms with Crippen LogP contribution in [-0.2, 0) is 15.5 Å². The molecule has 0 aliphatic carbocycles. The zero-order valence-corrected chi connectivity index (χ0v) is 14.2. The van der Waals surface area contributed by atoms with Crippen LogP contribution < -0.4 is 4.74 Å². The van der Waals surface area contributed by atoms with Gasteiger partial charge in [0.25, 0.3) is 0 Å². The number of esters is 1. The number of aliphatic hydroxyl groups is 1. The van der Waals surface area contributed by atoms with Crippen LogP contribution in [0.1, 0.15) is 30.0 Å². The smallest absolute Gasteiger partial charge is 0.455 e. The second-order valence-corrected chi connectivity index (χ2v) is 5.54. The van der Waals surface area contributed by atoms with Crippen molar-refractivity contribution in [2.24, 2.45) is 0 Å². The minimum Gasteiger partial charge on any atom is -0.492 e. The SMILES string of the molecule is CCOC(=O)CCOc1c(C)cc(C(F)(F)C(O)(F)C(F)(F)F)cc1C. The quantitative estimate of drug-likeness (QED) is 0.568. The first-order valence-corrected chi connectivity index (χ1v) is 7.51. The fraction of sp³-hybridized carbons (Fsp3) is 0.562. The molecule has 0 saturated carbocycles. The van der Waals surface area contributed by atoms with Crippen LogP contribution in [0.25, 0.3) is 0 Å². The number of alkyl halides is 6.